The third-order valence-electron chi connectivity index (χ3n) is 4.81. The SMILES string of the molecule is CCN1CCN(C2(CN)CCSC2C)CC1C. The van der Waals surface area contributed by atoms with Crippen molar-refractivity contribution in [3.8, 4) is 0 Å². The van der Waals surface area contributed by atoms with Gasteiger partial charge in [0.05, 0.1) is 0 Å². The Morgan fingerprint density at radius 2 is 2.12 bits per heavy atom. The van der Waals surface area contributed by atoms with Crippen molar-refractivity contribution in [2.75, 3.05) is 38.5 Å². The number of hydrogen-bond acceptors (Lipinski definition) is 4. The van der Waals surface area contributed by atoms with Crippen LogP contribution in [0.4, 0.5) is 0 Å². The lowest BCUT2D eigenvalue weighted by Gasteiger charge is -2.49. The summed E-state index contributed by atoms with van der Waals surface area (Å²) >= 11 is 2.09. The number of hydrogen-bond donors (Lipinski definition) is 1. The highest BCUT2D eigenvalue weighted by molar-refractivity contribution is 8.00. The van der Waals surface area contributed by atoms with Crippen LogP contribution in [-0.4, -0.2) is 65.1 Å². The van der Waals surface area contributed by atoms with Crippen molar-refractivity contribution in [3.05, 3.63) is 0 Å². The zero-order valence-electron chi connectivity index (χ0n) is 11.5. The number of thioether (sulfide) groups is 1. The molecule has 0 aromatic carbocycles. The maximum Gasteiger partial charge on any atom is 0.0456 e. The van der Waals surface area contributed by atoms with Gasteiger partial charge >= 0.3 is 0 Å². The van der Waals surface area contributed by atoms with Crippen LogP contribution in [0, 0.1) is 0 Å². The number of rotatable bonds is 3. The van der Waals surface area contributed by atoms with Gasteiger partial charge in [-0.15, -0.1) is 0 Å². The molecule has 100 valence electrons. The van der Waals surface area contributed by atoms with Crippen molar-refractivity contribution in [1.29, 1.82) is 0 Å². The fourth-order valence-corrected chi connectivity index (χ4v) is 4.95. The standard InChI is InChI=1S/C13H27N3S/c1-4-15-6-7-16(9-11(15)2)13(10-14)5-8-17-12(13)3/h11-12H,4-10,14H2,1-3H3. The Bertz CT molecular complexity index is 261. The summed E-state index contributed by atoms with van der Waals surface area (Å²) in [6, 6.07) is 0.676. The predicted octanol–water partition coefficient (Wildman–Crippen LogP) is 1.24. The number of nitrogens with two attached hydrogens (primary N) is 1. The summed E-state index contributed by atoms with van der Waals surface area (Å²) in [4.78, 5) is 5.27. The molecule has 2 aliphatic heterocycles. The Morgan fingerprint density at radius 3 is 2.59 bits per heavy atom. The molecule has 3 nitrogen and oxygen atoms in total. The van der Waals surface area contributed by atoms with E-state index < -0.39 is 0 Å². The highest BCUT2D eigenvalue weighted by atomic mass is 32.2. The molecule has 2 rings (SSSR count). The highest BCUT2D eigenvalue weighted by Crippen LogP contribution is 2.40. The largest absolute Gasteiger partial charge is 0.329 e. The molecule has 2 heterocycles. The Kier molecular flexibility index (Phi) is 4.40. The summed E-state index contributed by atoms with van der Waals surface area (Å²) in [5, 5.41) is 0.688. The molecule has 0 aromatic heterocycles. The summed E-state index contributed by atoms with van der Waals surface area (Å²) in [6.45, 7) is 12.6. The molecule has 2 aliphatic rings. The molecule has 0 amide bonds. The first-order chi connectivity index (χ1) is 8.14. The zero-order valence-corrected chi connectivity index (χ0v) is 12.3. The van der Waals surface area contributed by atoms with Crippen LogP contribution in [-0.2, 0) is 0 Å². The molecule has 3 atom stereocenters. The maximum atomic E-state index is 6.13. The number of likely N-dealkylation sites (N-methyl/N-ethyl adjacent to an activating group) is 1. The summed E-state index contributed by atoms with van der Waals surface area (Å²) in [6.07, 6.45) is 1.27. The van der Waals surface area contributed by atoms with Crippen LogP contribution in [0.25, 0.3) is 0 Å². The quantitative estimate of drug-likeness (QED) is 0.824. The first kappa shape index (κ1) is 13.7. The minimum absolute atomic E-state index is 0.277. The van der Waals surface area contributed by atoms with Crippen LogP contribution in [0.5, 0.6) is 0 Å². The van der Waals surface area contributed by atoms with Gasteiger partial charge in [-0.25, -0.2) is 0 Å². The fraction of sp³-hybridized carbons (Fsp3) is 1.00. The average molecular weight is 257 g/mol. The van der Waals surface area contributed by atoms with Crippen LogP contribution in [0.3, 0.4) is 0 Å². The minimum Gasteiger partial charge on any atom is -0.329 e. The van der Waals surface area contributed by atoms with Gasteiger partial charge in [-0.2, -0.15) is 11.8 Å². The number of nitrogens with zero attached hydrogens (tertiary/aromatic N) is 2. The molecule has 3 unspecified atom stereocenters. The molecule has 0 aromatic rings. The first-order valence-corrected chi connectivity index (χ1v) is 7.99. The van der Waals surface area contributed by atoms with Crippen molar-refractivity contribution in [2.24, 2.45) is 5.73 Å². The molecule has 4 heteroatoms. The van der Waals surface area contributed by atoms with Crippen LogP contribution in [0.15, 0.2) is 0 Å². The smallest absolute Gasteiger partial charge is 0.0456 e. The molecule has 2 N–H and O–H groups in total. The molecule has 0 aliphatic carbocycles. The summed E-state index contributed by atoms with van der Waals surface area (Å²) < 4.78 is 0. The van der Waals surface area contributed by atoms with Crippen LogP contribution in [0.1, 0.15) is 27.2 Å². The van der Waals surface area contributed by atoms with Gasteiger partial charge in [-0.05, 0) is 25.6 Å². The molecule has 2 saturated heterocycles. The Morgan fingerprint density at radius 1 is 1.35 bits per heavy atom. The van der Waals surface area contributed by atoms with Gasteiger partial charge in [-0.3, -0.25) is 9.80 Å². The molecule has 0 radical (unpaired) electrons. The van der Waals surface area contributed by atoms with Crippen LogP contribution >= 0.6 is 11.8 Å². The van der Waals surface area contributed by atoms with E-state index in [1.165, 1.54) is 38.4 Å². The number of piperazine rings is 1. The summed E-state index contributed by atoms with van der Waals surface area (Å²) in [7, 11) is 0. The van der Waals surface area contributed by atoms with Gasteiger partial charge in [0.15, 0.2) is 0 Å². The van der Waals surface area contributed by atoms with E-state index in [1.807, 2.05) is 0 Å². The average Bonchev–Trinajstić information content (AvgIpc) is 2.71. The van der Waals surface area contributed by atoms with Crippen LogP contribution in [0.2, 0.25) is 0 Å². The molecular formula is C13H27N3S. The monoisotopic (exact) mass is 257 g/mol. The predicted molar refractivity (Wildman–Crippen MR) is 76.6 cm³/mol. The second kappa shape index (κ2) is 5.47. The van der Waals surface area contributed by atoms with E-state index in [0.29, 0.717) is 11.3 Å². The van der Waals surface area contributed by atoms with Crippen molar-refractivity contribution in [3.63, 3.8) is 0 Å². The van der Waals surface area contributed by atoms with Crippen molar-refractivity contribution >= 4 is 11.8 Å². The minimum atomic E-state index is 0.277. The van der Waals surface area contributed by atoms with E-state index in [2.05, 4.69) is 42.3 Å². The maximum absolute atomic E-state index is 6.13. The Hall–Kier alpha value is 0.230. The van der Waals surface area contributed by atoms with E-state index in [1.54, 1.807) is 0 Å². The van der Waals surface area contributed by atoms with Gasteiger partial charge in [0, 0.05) is 43.0 Å². The Balaban J connectivity index is 2.07. The van der Waals surface area contributed by atoms with E-state index in [9.17, 15) is 0 Å². The molecule has 0 spiro atoms. The van der Waals surface area contributed by atoms with E-state index in [-0.39, 0.29) is 5.54 Å². The van der Waals surface area contributed by atoms with Crippen molar-refractivity contribution in [2.45, 2.75) is 44.0 Å². The molecule has 0 bridgehead atoms. The third kappa shape index (κ3) is 2.37. The van der Waals surface area contributed by atoms with Crippen molar-refractivity contribution < 1.29 is 0 Å². The lowest BCUT2D eigenvalue weighted by Crippen LogP contribution is -2.64. The van der Waals surface area contributed by atoms with Gasteiger partial charge in [-0.1, -0.05) is 13.8 Å². The topological polar surface area (TPSA) is 32.5 Å². The second-order valence-electron chi connectivity index (χ2n) is 5.49. The van der Waals surface area contributed by atoms with Gasteiger partial charge in [0.2, 0.25) is 0 Å². The summed E-state index contributed by atoms with van der Waals surface area (Å²) in [5.41, 5.74) is 6.41. The molecular weight excluding hydrogens is 230 g/mol. The first-order valence-electron chi connectivity index (χ1n) is 6.95. The van der Waals surface area contributed by atoms with Gasteiger partial charge in [0.1, 0.15) is 0 Å². The third-order valence-corrected chi connectivity index (χ3v) is 6.19. The highest BCUT2D eigenvalue weighted by Gasteiger charge is 2.46. The Labute approximate surface area is 110 Å². The van der Waals surface area contributed by atoms with Crippen molar-refractivity contribution in [1.82, 2.24) is 9.80 Å². The lowest BCUT2D eigenvalue weighted by molar-refractivity contribution is 0.0122. The normalized spacial score (nSPS) is 40.9. The van der Waals surface area contributed by atoms with E-state index >= 15 is 0 Å². The molecule has 0 saturated carbocycles. The summed E-state index contributed by atoms with van der Waals surface area (Å²) in [5.74, 6) is 1.28. The van der Waals surface area contributed by atoms with E-state index in [4.69, 9.17) is 5.73 Å². The zero-order chi connectivity index (χ0) is 12.5. The van der Waals surface area contributed by atoms with Gasteiger partial charge < -0.3 is 5.73 Å². The second-order valence-corrected chi connectivity index (χ2v) is 6.94. The van der Waals surface area contributed by atoms with Crippen LogP contribution < -0.4 is 5.73 Å². The van der Waals surface area contributed by atoms with E-state index in [0.717, 1.165) is 6.54 Å². The molecule has 17 heavy (non-hydrogen) atoms. The van der Waals surface area contributed by atoms with Gasteiger partial charge in [0.25, 0.3) is 0 Å². The molecule has 2 fully saturated rings. The fourth-order valence-electron chi connectivity index (χ4n) is 3.45. The lowest BCUT2D eigenvalue weighted by atomic mass is 9.89.